The Kier molecular flexibility index (Phi) is 32.9. The van der Waals surface area contributed by atoms with E-state index >= 15 is 0 Å². The van der Waals surface area contributed by atoms with Gasteiger partial charge >= 0.3 is 0 Å². The van der Waals surface area contributed by atoms with Crippen molar-refractivity contribution in [3.63, 3.8) is 0 Å². The van der Waals surface area contributed by atoms with Gasteiger partial charge in [0.05, 0.1) is 0 Å². The maximum atomic E-state index is 2.68. The molecule has 0 radical (unpaired) electrons. The summed E-state index contributed by atoms with van der Waals surface area (Å²) in [6.45, 7) is 24.2. The van der Waals surface area contributed by atoms with Gasteiger partial charge in [0.15, 0.2) is 0 Å². The predicted octanol–water partition coefficient (Wildman–Crippen LogP) is 8.30. The molecule has 0 heteroatoms. The molecule has 0 atom stereocenters. The van der Waals surface area contributed by atoms with Crippen molar-refractivity contribution in [3.8, 4) is 11.8 Å². The highest BCUT2D eigenvalue weighted by Gasteiger charge is 1.79. The van der Waals surface area contributed by atoms with Crippen LogP contribution in [0.5, 0.6) is 0 Å². The van der Waals surface area contributed by atoms with Gasteiger partial charge < -0.3 is 0 Å². The lowest BCUT2D eigenvalue weighted by atomic mass is 10.2. The van der Waals surface area contributed by atoms with Crippen LogP contribution in [0.2, 0.25) is 0 Å². The molecule has 0 heterocycles. The van der Waals surface area contributed by atoms with Crippen LogP contribution < -0.4 is 0 Å². The standard InChI is InChI=1S/C8H10.C8H14.C4H6.2C2H6/c1-7-3-5-8(2)6-4-7;1-7(2)5-6-8(3)4;1-3-4-2;2*1-2/h3-6H,1-2H3;5-6H,1-4H3;1-2H3;2*1-2H3. The van der Waals surface area contributed by atoms with Crippen LogP contribution in [0.4, 0.5) is 0 Å². The fraction of sp³-hybridized carbons (Fsp3) is 0.500. The first-order valence-corrected chi connectivity index (χ1v) is 8.98. The maximum absolute atomic E-state index is 2.68. The summed E-state index contributed by atoms with van der Waals surface area (Å²) in [5.74, 6) is 5.36. The van der Waals surface area contributed by atoms with E-state index in [1.54, 1.807) is 0 Å². The summed E-state index contributed by atoms with van der Waals surface area (Å²) in [5, 5.41) is 0. The normalized spacial score (nSPS) is 6.83. The number of benzene rings is 1. The minimum atomic E-state index is 1.33. The zero-order valence-corrected chi connectivity index (χ0v) is 18.5. The van der Waals surface area contributed by atoms with E-state index in [1.165, 1.54) is 22.3 Å². The van der Waals surface area contributed by atoms with Crippen molar-refractivity contribution in [2.45, 2.75) is 83.1 Å². The SMILES string of the molecule is CC.CC.CC#CC.CC(C)=CC=C(C)C.Cc1ccc(C)cc1. The molecule has 0 aliphatic carbocycles. The Balaban J connectivity index is -0.000000118. The molecule has 0 N–H and O–H groups in total. The lowest BCUT2D eigenvalue weighted by molar-refractivity contribution is 1.35. The van der Waals surface area contributed by atoms with Crippen LogP contribution in [0.25, 0.3) is 0 Å². The zero-order chi connectivity index (χ0) is 20.0. The Bertz CT molecular complexity index is 408. The highest BCUT2D eigenvalue weighted by atomic mass is 13.9. The third-order valence-electron chi connectivity index (χ3n) is 2.22. The van der Waals surface area contributed by atoms with Crippen molar-refractivity contribution in [3.05, 3.63) is 58.7 Å². The Morgan fingerprint density at radius 1 is 0.625 bits per heavy atom. The molecule has 0 bridgehead atoms. The molecule has 0 amide bonds. The molecule has 1 aromatic carbocycles. The number of allylic oxidation sites excluding steroid dienone is 4. The van der Waals surface area contributed by atoms with Gasteiger partial charge in [0.2, 0.25) is 0 Å². The molecule has 0 saturated carbocycles. The Morgan fingerprint density at radius 2 is 0.833 bits per heavy atom. The van der Waals surface area contributed by atoms with Crippen molar-refractivity contribution in [2.75, 3.05) is 0 Å². The maximum Gasteiger partial charge on any atom is -0.00271 e. The van der Waals surface area contributed by atoms with Gasteiger partial charge in [0, 0.05) is 0 Å². The third-order valence-corrected chi connectivity index (χ3v) is 2.22. The summed E-state index contributed by atoms with van der Waals surface area (Å²) >= 11 is 0. The average Bonchev–Trinajstić information content (AvgIpc) is 2.60. The molecule has 138 valence electrons. The molecule has 1 aromatic rings. The fourth-order valence-electron chi connectivity index (χ4n) is 0.970. The molecule has 0 aliphatic heterocycles. The monoisotopic (exact) mass is 330 g/mol. The highest BCUT2D eigenvalue weighted by molar-refractivity contribution is 5.19. The highest BCUT2D eigenvalue weighted by Crippen LogP contribution is 1.99. The third kappa shape index (κ3) is 37.0. The molecule has 0 aliphatic rings. The first-order chi connectivity index (χ1) is 11.3. The Morgan fingerprint density at radius 3 is 0.958 bits per heavy atom. The van der Waals surface area contributed by atoms with Gasteiger partial charge in [0.25, 0.3) is 0 Å². The minimum absolute atomic E-state index is 1.33. The molecular weight excluding hydrogens is 288 g/mol. The van der Waals surface area contributed by atoms with E-state index in [0.29, 0.717) is 0 Å². The van der Waals surface area contributed by atoms with E-state index in [2.05, 4.69) is 89.8 Å². The summed E-state index contributed by atoms with van der Waals surface area (Å²) in [6.07, 6.45) is 4.24. The number of hydrogen-bond acceptors (Lipinski definition) is 0. The topological polar surface area (TPSA) is 0 Å². The number of aryl methyl sites for hydroxylation is 2. The average molecular weight is 331 g/mol. The van der Waals surface area contributed by atoms with Crippen molar-refractivity contribution < 1.29 is 0 Å². The Labute approximate surface area is 154 Å². The molecule has 1 rings (SSSR count). The van der Waals surface area contributed by atoms with Crippen LogP contribution in [0.15, 0.2) is 47.6 Å². The fourth-order valence-corrected chi connectivity index (χ4v) is 0.970. The van der Waals surface area contributed by atoms with Crippen LogP contribution in [-0.4, -0.2) is 0 Å². The second kappa shape index (κ2) is 26.2. The van der Waals surface area contributed by atoms with E-state index in [4.69, 9.17) is 0 Å². The van der Waals surface area contributed by atoms with Gasteiger partial charge in [-0.3, -0.25) is 0 Å². The molecule has 0 unspecified atom stereocenters. The summed E-state index contributed by atoms with van der Waals surface area (Å²) in [7, 11) is 0. The van der Waals surface area contributed by atoms with Gasteiger partial charge in [-0.25, -0.2) is 0 Å². The van der Waals surface area contributed by atoms with Gasteiger partial charge in [-0.15, -0.1) is 11.8 Å². The lowest BCUT2D eigenvalue weighted by Crippen LogP contribution is -1.70. The van der Waals surface area contributed by atoms with Gasteiger partial charge in [-0.2, -0.15) is 0 Å². The van der Waals surface area contributed by atoms with E-state index in [-0.39, 0.29) is 0 Å². The smallest absolute Gasteiger partial charge is 0.00271 e. The second-order valence-corrected chi connectivity index (χ2v) is 5.14. The molecule has 0 saturated heterocycles. The minimum Gasteiger partial charge on any atom is -0.107 e. The van der Waals surface area contributed by atoms with Crippen LogP contribution >= 0.6 is 0 Å². The summed E-state index contributed by atoms with van der Waals surface area (Å²) < 4.78 is 0. The molecule has 0 fully saturated rings. The van der Waals surface area contributed by atoms with Gasteiger partial charge in [-0.1, -0.05) is 86.4 Å². The van der Waals surface area contributed by atoms with E-state index < -0.39 is 0 Å². The van der Waals surface area contributed by atoms with Gasteiger partial charge in [0.1, 0.15) is 0 Å². The summed E-state index contributed by atoms with van der Waals surface area (Å²) in [6, 6.07) is 8.48. The summed E-state index contributed by atoms with van der Waals surface area (Å²) in [5.41, 5.74) is 5.36. The largest absolute Gasteiger partial charge is 0.107 e. The molecule has 0 aromatic heterocycles. The van der Waals surface area contributed by atoms with Crippen LogP contribution in [0.3, 0.4) is 0 Å². The van der Waals surface area contributed by atoms with Crippen molar-refractivity contribution in [1.29, 1.82) is 0 Å². The van der Waals surface area contributed by atoms with E-state index in [0.717, 1.165) is 0 Å². The van der Waals surface area contributed by atoms with Crippen molar-refractivity contribution in [2.24, 2.45) is 0 Å². The van der Waals surface area contributed by atoms with Gasteiger partial charge in [-0.05, 0) is 55.4 Å². The van der Waals surface area contributed by atoms with E-state index in [1.807, 2.05) is 41.5 Å². The first-order valence-electron chi connectivity index (χ1n) is 8.98. The van der Waals surface area contributed by atoms with Crippen molar-refractivity contribution in [1.82, 2.24) is 0 Å². The van der Waals surface area contributed by atoms with E-state index in [9.17, 15) is 0 Å². The molecule has 24 heavy (non-hydrogen) atoms. The second-order valence-electron chi connectivity index (χ2n) is 5.14. The van der Waals surface area contributed by atoms with Crippen LogP contribution in [-0.2, 0) is 0 Å². The van der Waals surface area contributed by atoms with Crippen molar-refractivity contribution >= 4 is 0 Å². The molecular formula is C24H42. The number of rotatable bonds is 1. The van der Waals surface area contributed by atoms with Crippen LogP contribution in [0.1, 0.15) is 80.4 Å². The quantitative estimate of drug-likeness (QED) is 0.359. The van der Waals surface area contributed by atoms with Crippen LogP contribution in [0, 0.1) is 25.7 Å². The molecule has 0 spiro atoms. The lowest BCUT2D eigenvalue weighted by Gasteiger charge is -1.90. The summed E-state index contributed by atoms with van der Waals surface area (Å²) in [4.78, 5) is 0. The zero-order valence-electron chi connectivity index (χ0n) is 18.5. The Hall–Kier alpha value is -1.74. The predicted molar refractivity (Wildman–Crippen MR) is 117 cm³/mol. The molecule has 0 nitrogen and oxygen atoms in total. The number of hydrogen-bond donors (Lipinski definition) is 0. The first kappa shape index (κ1) is 30.2.